The Hall–Kier alpha value is -2.49. The molecule has 2 aromatic carbocycles. The summed E-state index contributed by atoms with van der Waals surface area (Å²) >= 11 is 0. The van der Waals surface area contributed by atoms with Gasteiger partial charge in [-0.2, -0.15) is 0 Å². The Balaban J connectivity index is 1.89. The highest BCUT2D eigenvalue weighted by molar-refractivity contribution is 6.14. The molecule has 0 heterocycles. The van der Waals surface area contributed by atoms with E-state index in [4.69, 9.17) is 4.74 Å². The Bertz CT molecular complexity index is 911. The first kappa shape index (κ1) is 13.0. The molecule has 1 saturated carbocycles. The summed E-state index contributed by atoms with van der Waals surface area (Å²) in [4.78, 5) is 12.9. The number of phenols is 2. The highest BCUT2D eigenvalue weighted by Crippen LogP contribution is 2.63. The smallest absolute Gasteiger partial charge is 0.171 e. The maximum atomic E-state index is 12.9. The molecular formula is C19H16O4. The van der Waals surface area contributed by atoms with Crippen LogP contribution in [0, 0.1) is 17.8 Å². The fourth-order valence-corrected chi connectivity index (χ4v) is 4.97. The van der Waals surface area contributed by atoms with E-state index >= 15 is 0 Å². The zero-order chi connectivity index (χ0) is 15.9. The molecule has 1 fully saturated rings. The Kier molecular flexibility index (Phi) is 2.30. The van der Waals surface area contributed by atoms with Crippen molar-refractivity contribution in [3.05, 3.63) is 41.5 Å². The molecule has 0 spiro atoms. The molecule has 0 aliphatic heterocycles. The van der Waals surface area contributed by atoms with Gasteiger partial charge in [-0.05, 0) is 24.3 Å². The number of benzene rings is 2. The topological polar surface area (TPSA) is 66.8 Å². The van der Waals surface area contributed by atoms with Crippen molar-refractivity contribution >= 4 is 16.6 Å². The summed E-state index contributed by atoms with van der Waals surface area (Å²) in [5.41, 5.74) is 0.933. The van der Waals surface area contributed by atoms with E-state index in [0.29, 0.717) is 27.6 Å². The minimum absolute atomic E-state index is 0.00555. The molecule has 5 rings (SSSR count). The molecule has 2 N–H and O–H groups in total. The van der Waals surface area contributed by atoms with E-state index in [0.717, 1.165) is 6.42 Å². The molecule has 4 nitrogen and oxygen atoms in total. The van der Waals surface area contributed by atoms with Crippen LogP contribution in [-0.4, -0.2) is 23.1 Å². The Morgan fingerprint density at radius 2 is 1.83 bits per heavy atom. The highest BCUT2D eigenvalue weighted by atomic mass is 16.5. The first-order valence-electron chi connectivity index (χ1n) is 7.90. The lowest BCUT2D eigenvalue weighted by Gasteiger charge is -2.21. The number of methoxy groups -OCH3 is 1. The molecule has 4 heteroatoms. The van der Waals surface area contributed by atoms with Crippen LogP contribution in [0.4, 0.5) is 0 Å². The summed E-state index contributed by atoms with van der Waals surface area (Å²) < 4.78 is 5.31. The van der Waals surface area contributed by atoms with Gasteiger partial charge >= 0.3 is 0 Å². The predicted octanol–water partition coefficient (Wildman–Crippen LogP) is 3.36. The predicted molar refractivity (Wildman–Crippen MR) is 85.1 cm³/mol. The SMILES string of the molecule is COc1cccc2c(O)c3c(c(O)c12)C(=O)C1C3[C@@H]2C=C[C@H]1C2. The van der Waals surface area contributed by atoms with E-state index in [1.807, 2.05) is 0 Å². The van der Waals surface area contributed by atoms with Crippen LogP contribution in [0.1, 0.15) is 28.3 Å². The number of aromatic hydroxyl groups is 2. The Labute approximate surface area is 133 Å². The lowest BCUT2D eigenvalue weighted by atomic mass is 9.82. The van der Waals surface area contributed by atoms with Gasteiger partial charge in [-0.15, -0.1) is 0 Å². The summed E-state index contributed by atoms with van der Waals surface area (Å²) in [6.07, 6.45) is 5.24. The van der Waals surface area contributed by atoms with Crippen molar-refractivity contribution in [1.29, 1.82) is 0 Å². The number of ketones is 1. The lowest BCUT2D eigenvalue weighted by Crippen LogP contribution is -2.18. The zero-order valence-corrected chi connectivity index (χ0v) is 12.6. The van der Waals surface area contributed by atoms with Crippen molar-refractivity contribution < 1.29 is 19.7 Å². The zero-order valence-electron chi connectivity index (χ0n) is 12.6. The average Bonchev–Trinajstić information content (AvgIpc) is 3.24. The molecule has 3 aliphatic rings. The van der Waals surface area contributed by atoms with Crippen molar-refractivity contribution in [3.63, 3.8) is 0 Å². The van der Waals surface area contributed by atoms with Gasteiger partial charge in [0.1, 0.15) is 17.2 Å². The van der Waals surface area contributed by atoms with Gasteiger partial charge in [0.05, 0.1) is 18.1 Å². The maximum Gasteiger partial charge on any atom is 0.171 e. The molecule has 2 bridgehead atoms. The van der Waals surface area contributed by atoms with Gasteiger partial charge in [-0.25, -0.2) is 0 Å². The van der Waals surface area contributed by atoms with Gasteiger partial charge in [0.15, 0.2) is 5.78 Å². The third-order valence-electron chi connectivity index (χ3n) is 5.84. The first-order valence-corrected chi connectivity index (χ1v) is 7.90. The second-order valence-corrected chi connectivity index (χ2v) is 6.73. The van der Waals surface area contributed by atoms with Gasteiger partial charge in [0.25, 0.3) is 0 Å². The minimum atomic E-state index is -0.139. The fourth-order valence-electron chi connectivity index (χ4n) is 4.97. The van der Waals surface area contributed by atoms with E-state index in [2.05, 4.69) is 12.2 Å². The quantitative estimate of drug-likeness (QED) is 0.626. The van der Waals surface area contributed by atoms with E-state index < -0.39 is 0 Å². The highest BCUT2D eigenvalue weighted by Gasteiger charge is 2.56. The number of carbonyl (C=O) groups is 1. The second kappa shape index (κ2) is 4.07. The van der Waals surface area contributed by atoms with Gasteiger partial charge in [-0.1, -0.05) is 24.3 Å². The van der Waals surface area contributed by atoms with Crippen LogP contribution in [-0.2, 0) is 0 Å². The third kappa shape index (κ3) is 1.35. The normalized spacial score (nSPS) is 30.0. The standard InChI is InChI=1S/C19H16O4/c1-23-11-4-2-3-10-14(11)19(22)16-15(17(10)20)12-8-5-6-9(7-8)13(12)18(16)21/h2-6,8-9,12-13,20,22H,7H2,1H3/t8-,9+,12?,13?/m1/s1. The third-order valence-corrected chi connectivity index (χ3v) is 5.84. The van der Waals surface area contributed by atoms with Crippen LogP contribution < -0.4 is 4.74 Å². The fraction of sp³-hybridized carbons (Fsp3) is 0.316. The molecule has 23 heavy (non-hydrogen) atoms. The van der Waals surface area contributed by atoms with Crippen molar-refractivity contribution in [2.45, 2.75) is 12.3 Å². The van der Waals surface area contributed by atoms with Crippen molar-refractivity contribution in [2.24, 2.45) is 17.8 Å². The number of phenolic OH excluding ortho intramolecular Hbond substituents is 2. The number of hydrogen-bond acceptors (Lipinski definition) is 4. The number of rotatable bonds is 1. The number of fused-ring (bicyclic) bond motifs is 8. The van der Waals surface area contributed by atoms with Gasteiger partial charge in [0, 0.05) is 22.8 Å². The van der Waals surface area contributed by atoms with Gasteiger partial charge in [-0.3, -0.25) is 4.79 Å². The molecule has 116 valence electrons. The second-order valence-electron chi connectivity index (χ2n) is 6.73. The van der Waals surface area contributed by atoms with Crippen molar-refractivity contribution in [1.82, 2.24) is 0 Å². The van der Waals surface area contributed by atoms with Crippen LogP contribution in [0.15, 0.2) is 30.4 Å². The molecule has 4 atom stereocenters. The molecule has 0 aromatic heterocycles. The number of carbonyl (C=O) groups excluding carboxylic acids is 1. The van der Waals surface area contributed by atoms with E-state index in [9.17, 15) is 15.0 Å². The summed E-state index contributed by atoms with van der Waals surface area (Å²) in [6, 6.07) is 5.26. The van der Waals surface area contributed by atoms with Crippen LogP contribution in [0.5, 0.6) is 17.2 Å². The molecule has 0 radical (unpaired) electrons. The van der Waals surface area contributed by atoms with Crippen molar-refractivity contribution in [3.8, 4) is 17.2 Å². The number of ether oxygens (including phenoxy) is 1. The Morgan fingerprint density at radius 1 is 1.09 bits per heavy atom. The summed E-state index contributed by atoms with van der Waals surface area (Å²) in [6.45, 7) is 0. The molecule has 0 saturated heterocycles. The number of Topliss-reactive ketones (excluding diaryl/α,β-unsaturated/α-hetero) is 1. The minimum Gasteiger partial charge on any atom is -0.507 e. The lowest BCUT2D eigenvalue weighted by molar-refractivity contribution is 0.0909. The van der Waals surface area contributed by atoms with Crippen molar-refractivity contribution in [2.75, 3.05) is 7.11 Å². The maximum absolute atomic E-state index is 12.9. The van der Waals surface area contributed by atoms with E-state index in [1.54, 1.807) is 18.2 Å². The molecule has 2 unspecified atom stereocenters. The summed E-state index contributed by atoms with van der Waals surface area (Å²) in [5, 5.41) is 22.6. The number of hydrogen-bond donors (Lipinski definition) is 2. The van der Waals surface area contributed by atoms with Crippen LogP contribution in [0.3, 0.4) is 0 Å². The largest absolute Gasteiger partial charge is 0.507 e. The number of allylic oxidation sites excluding steroid dienone is 2. The summed E-state index contributed by atoms with van der Waals surface area (Å²) in [5.74, 6) is 0.856. The van der Waals surface area contributed by atoms with Crippen LogP contribution >= 0.6 is 0 Å². The average molecular weight is 308 g/mol. The monoisotopic (exact) mass is 308 g/mol. The van der Waals surface area contributed by atoms with Gasteiger partial charge < -0.3 is 14.9 Å². The van der Waals surface area contributed by atoms with E-state index in [-0.39, 0.29) is 41.0 Å². The van der Waals surface area contributed by atoms with E-state index in [1.165, 1.54) is 7.11 Å². The molecule has 3 aliphatic carbocycles. The first-order chi connectivity index (χ1) is 11.1. The van der Waals surface area contributed by atoms with Crippen LogP contribution in [0.2, 0.25) is 0 Å². The summed E-state index contributed by atoms with van der Waals surface area (Å²) in [7, 11) is 1.51. The molecular weight excluding hydrogens is 292 g/mol. The Morgan fingerprint density at radius 3 is 2.57 bits per heavy atom. The molecule has 0 amide bonds. The van der Waals surface area contributed by atoms with Crippen LogP contribution in [0.25, 0.3) is 10.8 Å². The molecule has 2 aromatic rings. The van der Waals surface area contributed by atoms with Gasteiger partial charge in [0.2, 0.25) is 0 Å².